The number of fused-ring (bicyclic) bond motifs is 1. The Morgan fingerprint density at radius 1 is 1.50 bits per heavy atom. The van der Waals surface area contributed by atoms with Gasteiger partial charge in [0.05, 0.1) is 5.92 Å². The molecular weight excluding hydrogens is 236 g/mol. The van der Waals surface area contributed by atoms with E-state index in [0.29, 0.717) is 18.7 Å². The third kappa shape index (κ3) is 1.66. The van der Waals surface area contributed by atoms with Gasteiger partial charge in [-0.05, 0) is 22.6 Å². The molecule has 1 aliphatic heterocycles. The van der Waals surface area contributed by atoms with Gasteiger partial charge in [-0.1, -0.05) is 6.92 Å². The fraction of sp³-hybridized carbons (Fsp3) is 0.500. The molecule has 0 spiro atoms. The summed E-state index contributed by atoms with van der Waals surface area (Å²) in [6, 6.07) is 3.63. The fourth-order valence-electron chi connectivity index (χ4n) is 2.03. The molecule has 0 aliphatic carbocycles. The van der Waals surface area contributed by atoms with Crippen molar-refractivity contribution < 1.29 is 9.90 Å². The van der Waals surface area contributed by atoms with Crippen molar-refractivity contribution >= 4 is 17.4 Å². The molecule has 3 rings (SSSR count). The first-order valence-corrected chi connectivity index (χ1v) is 5.68. The molecule has 18 heavy (non-hydrogen) atoms. The number of carbonyl (C=O) groups is 1. The van der Waals surface area contributed by atoms with E-state index in [2.05, 4.69) is 20.6 Å². The molecule has 8 heteroatoms. The Labute approximate surface area is 102 Å². The standard InChI is InChI=1S/C10H12N6O2/c1-6(10(17)18)7-4-15(5-7)9-3-2-8-11-13-14-16(8)12-9/h2-3,6-7H,4-5H2,1H3,(H,17,18). The molecule has 8 nitrogen and oxygen atoms in total. The third-order valence-corrected chi connectivity index (χ3v) is 3.39. The van der Waals surface area contributed by atoms with E-state index < -0.39 is 5.97 Å². The molecule has 0 saturated carbocycles. The summed E-state index contributed by atoms with van der Waals surface area (Å²) in [4.78, 5) is 12.9. The van der Waals surface area contributed by atoms with Gasteiger partial charge >= 0.3 is 5.97 Å². The van der Waals surface area contributed by atoms with Crippen molar-refractivity contribution in [3.8, 4) is 0 Å². The second-order valence-corrected chi connectivity index (χ2v) is 4.51. The van der Waals surface area contributed by atoms with Crippen molar-refractivity contribution in [1.82, 2.24) is 25.3 Å². The Bertz CT molecular complexity index is 591. The lowest BCUT2D eigenvalue weighted by Gasteiger charge is -2.41. The van der Waals surface area contributed by atoms with Gasteiger partial charge in [0.2, 0.25) is 0 Å². The molecule has 94 valence electrons. The molecule has 1 saturated heterocycles. The highest BCUT2D eigenvalue weighted by atomic mass is 16.4. The average molecular weight is 248 g/mol. The van der Waals surface area contributed by atoms with E-state index in [1.807, 2.05) is 11.0 Å². The zero-order chi connectivity index (χ0) is 12.7. The molecule has 0 amide bonds. The lowest BCUT2D eigenvalue weighted by Crippen LogP contribution is -2.51. The molecule has 1 atom stereocenters. The summed E-state index contributed by atoms with van der Waals surface area (Å²) in [5, 5.41) is 24.2. The van der Waals surface area contributed by atoms with Gasteiger partial charge in [-0.3, -0.25) is 4.79 Å². The summed E-state index contributed by atoms with van der Waals surface area (Å²) in [7, 11) is 0. The van der Waals surface area contributed by atoms with Gasteiger partial charge in [-0.15, -0.1) is 14.8 Å². The second-order valence-electron chi connectivity index (χ2n) is 4.51. The van der Waals surface area contributed by atoms with Crippen LogP contribution >= 0.6 is 0 Å². The maximum atomic E-state index is 10.9. The molecule has 1 fully saturated rings. The first-order chi connectivity index (χ1) is 8.65. The Balaban J connectivity index is 1.72. The topological polar surface area (TPSA) is 96.5 Å². The van der Waals surface area contributed by atoms with Crippen molar-refractivity contribution in [3.05, 3.63) is 12.1 Å². The average Bonchev–Trinajstić information content (AvgIpc) is 2.73. The van der Waals surface area contributed by atoms with Crippen molar-refractivity contribution in [3.63, 3.8) is 0 Å². The maximum absolute atomic E-state index is 10.9. The Kier molecular flexibility index (Phi) is 2.35. The zero-order valence-electron chi connectivity index (χ0n) is 9.76. The highest BCUT2D eigenvalue weighted by molar-refractivity contribution is 5.70. The molecule has 0 bridgehead atoms. The predicted octanol–water partition coefficient (Wildman–Crippen LogP) is -0.324. The molecule has 3 heterocycles. The van der Waals surface area contributed by atoms with Crippen molar-refractivity contribution in [2.45, 2.75) is 6.92 Å². The predicted molar refractivity (Wildman–Crippen MR) is 61.1 cm³/mol. The van der Waals surface area contributed by atoms with Gasteiger partial charge < -0.3 is 10.0 Å². The van der Waals surface area contributed by atoms with Crippen molar-refractivity contribution in [2.75, 3.05) is 18.0 Å². The number of aromatic nitrogens is 5. The van der Waals surface area contributed by atoms with Gasteiger partial charge in [-0.25, -0.2) is 0 Å². The first-order valence-electron chi connectivity index (χ1n) is 5.68. The molecule has 1 N–H and O–H groups in total. The summed E-state index contributed by atoms with van der Waals surface area (Å²) < 4.78 is 1.36. The van der Waals surface area contributed by atoms with Crippen LogP contribution in [0.2, 0.25) is 0 Å². The van der Waals surface area contributed by atoms with Crippen LogP contribution in [0.15, 0.2) is 12.1 Å². The van der Waals surface area contributed by atoms with Gasteiger partial charge in [0.15, 0.2) is 11.5 Å². The number of carboxylic acids is 1. The van der Waals surface area contributed by atoms with Crippen LogP contribution in [0.25, 0.3) is 5.65 Å². The van der Waals surface area contributed by atoms with E-state index in [4.69, 9.17) is 5.11 Å². The summed E-state index contributed by atoms with van der Waals surface area (Å²) in [5.74, 6) is -0.126. The number of hydrogen-bond donors (Lipinski definition) is 1. The summed E-state index contributed by atoms with van der Waals surface area (Å²) >= 11 is 0. The molecule has 2 aromatic rings. The number of rotatable bonds is 3. The van der Waals surface area contributed by atoms with Crippen LogP contribution in [-0.4, -0.2) is 49.4 Å². The molecular formula is C10H12N6O2. The lowest BCUT2D eigenvalue weighted by atomic mass is 9.87. The van der Waals surface area contributed by atoms with Crippen LogP contribution in [0, 0.1) is 11.8 Å². The number of anilines is 1. The number of nitrogens with zero attached hydrogens (tertiary/aromatic N) is 6. The molecule has 0 aromatic carbocycles. The SMILES string of the molecule is CC(C(=O)O)C1CN(c2ccc3nnnn3n2)C1. The van der Waals surface area contributed by atoms with Crippen LogP contribution in [-0.2, 0) is 4.79 Å². The smallest absolute Gasteiger partial charge is 0.306 e. The number of carboxylic acid groups (broad SMARTS) is 1. The Morgan fingerprint density at radius 2 is 2.28 bits per heavy atom. The zero-order valence-corrected chi connectivity index (χ0v) is 9.76. The van der Waals surface area contributed by atoms with E-state index in [1.54, 1.807) is 13.0 Å². The van der Waals surface area contributed by atoms with Crippen LogP contribution in [0.1, 0.15) is 6.92 Å². The van der Waals surface area contributed by atoms with Crippen LogP contribution in [0.4, 0.5) is 5.82 Å². The van der Waals surface area contributed by atoms with Crippen LogP contribution < -0.4 is 4.90 Å². The minimum Gasteiger partial charge on any atom is -0.481 e. The minimum absolute atomic E-state index is 0.175. The van der Waals surface area contributed by atoms with E-state index in [9.17, 15) is 4.79 Å². The third-order valence-electron chi connectivity index (χ3n) is 3.39. The van der Waals surface area contributed by atoms with Crippen molar-refractivity contribution in [2.24, 2.45) is 11.8 Å². The van der Waals surface area contributed by atoms with Gasteiger partial charge in [0, 0.05) is 19.0 Å². The Hall–Kier alpha value is -2.25. The molecule has 2 aromatic heterocycles. The van der Waals surface area contributed by atoms with Gasteiger partial charge in [0.25, 0.3) is 0 Å². The second kappa shape index (κ2) is 3.90. The van der Waals surface area contributed by atoms with Gasteiger partial charge in [0.1, 0.15) is 0 Å². The molecule has 0 radical (unpaired) electrons. The largest absolute Gasteiger partial charge is 0.481 e. The highest BCUT2D eigenvalue weighted by Crippen LogP contribution is 2.27. The summed E-state index contributed by atoms with van der Waals surface area (Å²) in [6.07, 6.45) is 0. The Morgan fingerprint density at radius 3 is 3.00 bits per heavy atom. The fourth-order valence-corrected chi connectivity index (χ4v) is 2.03. The van der Waals surface area contributed by atoms with E-state index in [0.717, 1.165) is 5.82 Å². The normalized spacial score (nSPS) is 17.7. The monoisotopic (exact) mass is 248 g/mol. The van der Waals surface area contributed by atoms with E-state index in [1.165, 1.54) is 4.63 Å². The number of aliphatic carboxylic acids is 1. The quantitative estimate of drug-likeness (QED) is 0.794. The van der Waals surface area contributed by atoms with E-state index >= 15 is 0 Å². The molecule has 1 aliphatic rings. The summed E-state index contributed by atoms with van der Waals surface area (Å²) in [5.41, 5.74) is 0.592. The van der Waals surface area contributed by atoms with E-state index in [-0.39, 0.29) is 11.8 Å². The van der Waals surface area contributed by atoms with Crippen LogP contribution in [0.3, 0.4) is 0 Å². The highest BCUT2D eigenvalue weighted by Gasteiger charge is 2.35. The first kappa shape index (κ1) is 10.9. The molecule has 1 unspecified atom stereocenters. The maximum Gasteiger partial charge on any atom is 0.306 e. The number of tetrazole rings is 1. The lowest BCUT2D eigenvalue weighted by molar-refractivity contribution is -0.143. The van der Waals surface area contributed by atoms with Crippen LogP contribution in [0.5, 0.6) is 0 Å². The summed E-state index contributed by atoms with van der Waals surface area (Å²) in [6.45, 7) is 3.14. The van der Waals surface area contributed by atoms with Gasteiger partial charge in [-0.2, -0.15) is 0 Å². The number of hydrogen-bond acceptors (Lipinski definition) is 6. The van der Waals surface area contributed by atoms with Crippen molar-refractivity contribution in [1.29, 1.82) is 0 Å². The minimum atomic E-state index is -0.747.